The van der Waals surface area contributed by atoms with Crippen molar-refractivity contribution in [2.75, 3.05) is 12.4 Å². The second-order valence-electron chi connectivity index (χ2n) is 9.58. The Labute approximate surface area is 202 Å². The standard InChI is InChI=1S/C27H37N3O4/c1-8-18(2)22(29-26(33)34-27(4,5)6)25(32)30(7)23(20-15-10-9-11-16-20)24(31)28-21-17-13-12-14-19(21)3/h9-18,22-23H,8H2,1-7H3,(H,28,31)(H,29,33). The van der Waals surface area contributed by atoms with Crippen molar-refractivity contribution in [1.82, 2.24) is 10.2 Å². The first-order valence-corrected chi connectivity index (χ1v) is 11.6. The van der Waals surface area contributed by atoms with Gasteiger partial charge in [0.1, 0.15) is 17.7 Å². The highest BCUT2D eigenvalue weighted by Gasteiger charge is 2.36. The van der Waals surface area contributed by atoms with Crippen molar-refractivity contribution < 1.29 is 19.1 Å². The maximum Gasteiger partial charge on any atom is 0.408 e. The predicted octanol–water partition coefficient (Wildman–Crippen LogP) is 5.07. The first kappa shape index (κ1) is 26.9. The number of likely N-dealkylation sites (N-methyl/N-ethyl adjacent to an activating group) is 1. The zero-order chi connectivity index (χ0) is 25.5. The van der Waals surface area contributed by atoms with E-state index in [0.29, 0.717) is 17.7 Å². The van der Waals surface area contributed by atoms with Gasteiger partial charge in [-0.05, 0) is 50.8 Å². The van der Waals surface area contributed by atoms with Crippen LogP contribution in [0.3, 0.4) is 0 Å². The van der Waals surface area contributed by atoms with E-state index in [1.807, 2.05) is 75.4 Å². The van der Waals surface area contributed by atoms with Crippen molar-refractivity contribution in [3.05, 3.63) is 65.7 Å². The number of ether oxygens (including phenoxy) is 1. The van der Waals surface area contributed by atoms with Crippen LogP contribution < -0.4 is 10.6 Å². The zero-order valence-corrected chi connectivity index (χ0v) is 21.2. The van der Waals surface area contributed by atoms with Crippen molar-refractivity contribution in [2.45, 2.75) is 65.6 Å². The number of hydrogen-bond acceptors (Lipinski definition) is 4. The molecule has 0 aliphatic rings. The molecule has 2 aromatic carbocycles. The van der Waals surface area contributed by atoms with Crippen molar-refractivity contribution in [1.29, 1.82) is 0 Å². The lowest BCUT2D eigenvalue weighted by Crippen LogP contribution is -2.53. The molecule has 0 saturated carbocycles. The fraction of sp³-hybridized carbons (Fsp3) is 0.444. The van der Waals surface area contributed by atoms with Gasteiger partial charge in [0.25, 0.3) is 5.91 Å². The van der Waals surface area contributed by atoms with Gasteiger partial charge in [-0.3, -0.25) is 9.59 Å². The molecule has 7 nitrogen and oxygen atoms in total. The van der Waals surface area contributed by atoms with E-state index in [1.165, 1.54) is 4.90 Å². The molecule has 0 saturated heterocycles. The van der Waals surface area contributed by atoms with Gasteiger partial charge in [0, 0.05) is 12.7 Å². The highest BCUT2D eigenvalue weighted by Crippen LogP contribution is 2.25. The van der Waals surface area contributed by atoms with Crippen molar-refractivity contribution >= 4 is 23.6 Å². The third-order valence-electron chi connectivity index (χ3n) is 5.65. The molecule has 0 aromatic heterocycles. The van der Waals surface area contributed by atoms with Gasteiger partial charge in [-0.1, -0.05) is 68.8 Å². The highest BCUT2D eigenvalue weighted by atomic mass is 16.6. The molecule has 2 rings (SSSR count). The molecular formula is C27H37N3O4. The predicted molar refractivity (Wildman–Crippen MR) is 134 cm³/mol. The molecule has 3 amide bonds. The molecule has 0 aliphatic heterocycles. The number of rotatable bonds is 8. The second kappa shape index (κ2) is 11.7. The minimum absolute atomic E-state index is 0.168. The lowest BCUT2D eigenvalue weighted by Gasteiger charge is -2.33. The highest BCUT2D eigenvalue weighted by molar-refractivity contribution is 5.99. The summed E-state index contributed by atoms with van der Waals surface area (Å²) in [5.41, 5.74) is 1.57. The summed E-state index contributed by atoms with van der Waals surface area (Å²) in [6.45, 7) is 11.0. The Bertz CT molecular complexity index is 985. The molecule has 3 atom stereocenters. The molecule has 7 heteroatoms. The monoisotopic (exact) mass is 467 g/mol. The Morgan fingerprint density at radius 1 is 1.00 bits per heavy atom. The number of hydrogen-bond donors (Lipinski definition) is 2. The van der Waals surface area contributed by atoms with Crippen LogP contribution >= 0.6 is 0 Å². The van der Waals surface area contributed by atoms with Crippen LogP contribution in [-0.4, -0.2) is 41.5 Å². The van der Waals surface area contributed by atoms with Crippen LogP contribution in [-0.2, 0) is 14.3 Å². The summed E-state index contributed by atoms with van der Waals surface area (Å²) in [4.78, 5) is 41.0. The molecule has 2 aromatic rings. The summed E-state index contributed by atoms with van der Waals surface area (Å²) in [6, 6.07) is 14.9. The smallest absolute Gasteiger partial charge is 0.408 e. The van der Waals surface area contributed by atoms with Crippen LogP contribution in [0.5, 0.6) is 0 Å². The van der Waals surface area contributed by atoms with E-state index in [2.05, 4.69) is 10.6 Å². The second-order valence-corrected chi connectivity index (χ2v) is 9.58. The number of benzene rings is 2. The van der Waals surface area contributed by atoms with E-state index in [0.717, 1.165) is 5.56 Å². The number of amides is 3. The lowest BCUT2D eigenvalue weighted by atomic mass is 9.96. The van der Waals surface area contributed by atoms with Gasteiger partial charge in [0.15, 0.2) is 0 Å². The first-order chi connectivity index (χ1) is 15.9. The number of carbonyl (C=O) groups excluding carboxylic acids is 3. The maximum atomic E-state index is 13.7. The molecular weight excluding hydrogens is 430 g/mol. The summed E-state index contributed by atoms with van der Waals surface area (Å²) < 4.78 is 5.38. The summed E-state index contributed by atoms with van der Waals surface area (Å²) in [6.07, 6.45) is -0.00832. The summed E-state index contributed by atoms with van der Waals surface area (Å²) in [7, 11) is 1.59. The average molecular weight is 468 g/mol. The van der Waals surface area contributed by atoms with Crippen molar-refractivity contribution in [3.63, 3.8) is 0 Å². The van der Waals surface area contributed by atoms with Gasteiger partial charge >= 0.3 is 6.09 Å². The van der Waals surface area contributed by atoms with E-state index < -0.39 is 23.8 Å². The number of alkyl carbamates (subject to hydrolysis) is 1. The molecule has 0 bridgehead atoms. The van der Waals surface area contributed by atoms with E-state index in [1.54, 1.807) is 27.8 Å². The molecule has 3 unspecified atom stereocenters. The number of anilines is 1. The lowest BCUT2D eigenvalue weighted by molar-refractivity contribution is -0.140. The molecule has 0 fully saturated rings. The fourth-order valence-electron chi connectivity index (χ4n) is 3.56. The zero-order valence-electron chi connectivity index (χ0n) is 21.2. The molecule has 34 heavy (non-hydrogen) atoms. The van der Waals surface area contributed by atoms with Crippen LogP contribution in [0.1, 0.15) is 58.2 Å². The van der Waals surface area contributed by atoms with E-state index in [-0.39, 0.29) is 17.7 Å². The Morgan fingerprint density at radius 3 is 2.15 bits per heavy atom. The first-order valence-electron chi connectivity index (χ1n) is 11.6. The van der Waals surface area contributed by atoms with Crippen LogP contribution in [0, 0.1) is 12.8 Å². The summed E-state index contributed by atoms with van der Waals surface area (Å²) in [5, 5.41) is 5.68. The van der Waals surface area contributed by atoms with E-state index in [4.69, 9.17) is 4.74 Å². The fourth-order valence-corrected chi connectivity index (χ4v) is 3.56. The Morgan fingerprint density at radius 2 is 1.59 bits per heavy atom. The van der Waals surface area contributed by atoms with Gasteiger partial charge in [0.2, 0.25) is 5.91 Å². The number of nitrogens with zero attached hydrogens (tertiary/aromatic N) is 1. The molecule has 2 N–H and O–H groups in total. The number of para-hydroxylation sites is 1. The van der Waals surface area contributed by atoms with Crippen molar-refractivity contribution in [3.8, 4) is 0 Å². The molecule has 0 spiro atoms. The number of aryl methyl sites for hydroxylation is 1. The number of nitrogens with one attached hydrogen (secondary N) is 2. The van der Waals surface area contributed by atoms with Gasteiger partial charge in [-0.25, -0.2) is 4.79 Å². The topological polar surface area (TPSA) is 87.7 Å². The summed E-state index contributed by atoms with van der Waals surface area (Å²) >= 11 is 0. The number of carbonyl (C=O) groups is 3. The van der Waals surface area contributed by atoms with Gasteiger partial charge in [-0.15, -0.1) is 0 Å². The minimum Gasteiger partial charge on any atom is -0.444 e. The Balaban J connectivity index is 2.36. The van der Waals surface area contributed by atoms with Crippen molar-refractivity contribution in [2.24, 2.45) is 5.92 Å². The largest absolute Gasteiger partial charge is 0.444 e. The Kier molecular flexibility index (Phi) is 9.24. The van der Waals surface area contributed by atoms with Crippen LogP contribution in [0.2, 0.25) is 0 Å². The van der Waals surface area contributed by atoms with Crippen LogP contribution in [0.25, 0.3) is 0 Å². The van der Waals surface area contributed by atoms with Crippen LogP contribution in [0.15, 0.2) is 54.6 Å². The molecule has 0 radical (unpaired) electrons. The van der Waals surface area contributed by atoms with E-state index in [9.17, 15) is 14.4 Å². The molecule has 0 aliphatic carbocycles. The Hall–Kier alpha value is -3.35. The third kappa shape index (κ3) is 7.33. The van der Waals surface area contributed by atoms with Crippen LogP contribution in [0.4, 0.5) is 10.5 Å². The van der Waals surface area contributed by atoms with Gasteiger partial charge in [0.05, 0.1) is 0 Å². The normalized spacial score (nSPS) is 13.9. The third-order valence-corrected chi connectivity index (χ3v) is 5.65. The summed E-state index contributed by atoms with van der Waals surface area (Å²) in [5.74, 6) is -0.871. The van der Waals surface area contributed by atoms with Gasteiger partial charge < -0.3 is 20.3 Å². The quantitative estimate of drug-likeness (QED) is 0.567. The minimum atomic E-state index is -0.889. The molecule has 0 heterocycles. The average Bonchev–Trinajstić information content (AvgIpc) is 2.77. The maximum absolute atomic E-state index is 13.7. The molecule has 184 valence electrons. The van der Waals surface area contributed by atoms with E-state index >= 15 is 0 Å². The SMILES string of the molecule is CCC(C)C(NC(=O)OC(C)(C)C)C(=O)N(C)C(C(=O)Nc1ccccc1C)c1ccccc1. The van der Waals surface area contributed by atoms with Gasteiger partial charge in [-0.2, -0.15) is 0 Å².